The van der Waals surface area contributed by atoms with E-state index in [1.54, 1.807) is 62.6 Å². The Hall–Kier alpha value is -2.53. The van der Waals surface area contributed by atoms with Gasteiger partial charge < -0.3 is 14.2 Å². The van der Waals surface area contributed by atoms with Gasteiger partial charge in [-0.1, -0.05) is 11.6 Å². The Labute approximate surface area is 145 Å². The predicted molar refractivity (Wildman–Crippen MR) is 89.8 cm³/mol. The van der Waals surface area contributed by atoms with Crippen LogP contribution in [-0.4, -0.2) is 31.6 Å². The van der Waals surface area contributed by atoms with Crippen LogP contribution in [0.1, 0.15) is 17.3 Å². The summed E-state index contributed by atoms with van der Waals surface area (Å²) in [5.74, 6) is 0.264. The molecule has 0 aliphatic rings. The van der Waals surface area contributed by atoms with Crippen LogP contribution in [-0.2, 0) is 9.53 Å². The van der Waals surface area contributed by atoms with Crippen molar-refractivity contribution >= 4 is 23.4 Å². The molecule has 0 saturated heterocycles. The number of ketones is 1. The summed E-state index contributed by atoms with van der Waals surface area (Å²) in [6, 6.07) is 13.2. The van der Waals surface area contributed by atoms with Crippen molar-refractivity contribution in [3.05, 3.63) is 59.1 Å². The van der Waals surface area contributed by atoms with Gasteiger partial charge in [-0.25, -0.2) is 4.79 Å². The van der Waals surface area contributed by atoms with Gasteiger partial charge >= 0.3 is 5.97 Å². The van der Waals surface area contributed by atoms with E-state index in [0.717, 1.165) is 0 Å². The van der Waals surface area contributed by atoms with Crippen molar-refractivity contribution < 1.29 is 23.8 Å². The summed E-state index contributed by atoms with van der Waals surface area (Å²) in [6.07, 6.45) is -0.837. The first-order chi connectivity index (χ1) is 11.5. The molecule has 126 valence electrons. The summed E-state index contributed by atoms with van der Waals surface area (Å²) >= 11 is 5.76. The Morgan fingerprint density at radius 3 is 2.17 bits per heavy atom. The minimum Gasteiger partial charge on any atom is -0.497 e. The number of methoxy groups -OCH3 is 1. The first kappa shape index (κ1) is 17.8. The van der Waals surface area contributed by atoms with Crippen LogP contribution in [0.2, 0.25) is 5.02 Å². The van der Waals surface area contributed by atoms with Crippen LogP contribution in [0, 0.1) is 0 Å². The highest BCUT2D eigenvalue weighted by molar-refractivity contribution is 6.30. The van der Waals surface area contributed by atoms with Gasteiger partial charge in [0.05, 0.1) is 7.11 Å². The van der Waals surface area contributed by atoms with E-state index in [2.05, 4.69) is 0 Å². The number of ether oxygens (including phenoxy) is 3. The average molecular weight is 349 g/mol. The smallest absolute Gasteiger partial charge is 0.347 e. The maximum atomic E-state index is 11.9. The lowest BCUT2D eigenvalue weighted by Gasteiger charge is -2.14. The zero-order chi connectivity index (χ0) is 17.5. The average Bonchev–Trinajstić information content (AvgIpc) is 2.60. The number of hydrogen-bond acceptors (Lipinski definition) is 5. The first-order valence-electron chi connectivity index (χ1n) is 7.25. The van der Waals surface area contributed by atoms with Crippen molar-refractivity contribution in [2.24, 2.45) is 0 Å². The fraction of sp³-hybridized carbons (Fsp3) is 0.222. The van der Waals surface area contributed by atoms with Gasteiger partial charge in [-0.3, -0.25) is 4.79 Å². The summed E-state index contributed by atoms with van der Waals surface area (Å²) in [5.41, 5.74) is 0.427. The number of carbonyl (C=O) groups is 2. The highest BCUT2D eigenvalue weighted by Gasteiger charge is 2.18. The lowest BCUT2D eigenvalue weighted by Crippen LogP contribution is -2.28. The highest BCUT2D eigenvalue weighted by atomic mass is 35.5. The van der Waals surface area contributed by atoms with Gasteiger partial charge in [-0.05, 0) is 55.5 Å². The molecule has 0 radical (unpaired) electrons. The van der Waals surface area contributed by atoms with Gasteiger partial charge in [0.2, 0.25) is 0 Å². The third-order valence-corrected chi connectivity index (χ3v) is 3.47. The number of hydrogen-bond donors (Lipinski definition) is 0. The van der Waals surface area contributed by atoms with Gasteiger partial charge in [0.1, 0.15) is 11.5 Å². The van der Waals surface area contributed by atoms with Crippen molar-refractivity contribution in [1.29, 1.82) is 0 Å². The lowest BCUT2D eigenvalue weighted by atomic mass is 10.1. The Balaban J connectivity index is 1.84. The molecule has 2 rings (SSSR count). The number of carbonyl (C=O) groups excluding carboxylic acids is 2. The molecular formula is C18H17ClO5. The fourth-order valence-corrected chi connectivity index (χ4v) is 2.01. The van der Waals surface area contributed by atoms with Crippen molar-refractivity contribution in [1.82, 2.24) is 0 Å². The Morgan fingerprint density at radius 2 is 1.58 bits per heavy atom. The molecule has 0 amide bonds. The van der Waals surface area contributed by atoms with Crippen molar-refractivity contribution in [3.63, 3.8) is 0 Å². The quantitative estimate of drug-likeness (QED) is 0.565. The molecule has 0 heterocycles. The summed E-state index contributed by atoms with van der Waals surface area (Å²) in [6.45, 7) is 1.20. The summed E-state index contributed by atoms with van der Waals surface area (Å²) in [7, 11) is 1.56. The van der Waals surface area contributed by atoms with E-state index in [4.69, 9.17) is 25.8 Å². The molecule has 1 atom stereocenters. The van der Waals surface area contributed by atoms with E-state index < -0.39 is 12.1 Å². The number of esters is 1. The number of rotatable bonds is 7. The van der Waals surface area contributed by atoms with Crippen LogP contribution in [0.4, 0.5) is 0 Å². The van der Waals surface area contributed by atoms with Gasteiger partial charge in [0.15, 0.2) is 18.5 Å². The molecular weight excluding hydrogens is 332 g/mol. The molecule has 2 aromatic rings. The van der Waals surface area contributed by atoms with Crippen LogP contribution in [0.5, 0.6) is 11.5 Å². The van der Waals surface area contributed by atoms with E-state index in [0.29, 0.717) is 22.1 Å². The molecule has 0 bridgehead atoms. The molecule has 0 N–H and O–H groups in total. The molecule has 2 aromatic carbocycles. The van der Waals surface area contributed by atoms with E-state index in [9.17, 15) is 9.59 Å². The van der Waals surface area contributed by atoms with Crippen molar-refractivity contribution in [2.75, 3.05) is 13.7 Å². The Kier molecular flexibility index (Phi) is 6.21. The molecule has 24 heavy (non-hydrogen) atoms. The van der Waals surface area contributed by atoms with E-state index >= 15 is 0 Å². The zero-order valence-electron chi connectivity index (χ0n) is 13.3. The molecule has 0 fully saturated rings. The molecule has 1 unspecified atom stereocenters. The number of halogens is 1. The summed E-state index contributed by atoms with van der Waals surface area (Å²) in [5, 5.41) is 0.532. The Morgan fingerprint density at radius 1 is 1.00 bits per heavy atom. The van der Waals surface area contributed by atoms with E-state index in [1.165, 1.54) is 0 Å². The third-order valence-electron chi connectivity index (χ3n) is 3.22. The topological polar surface area (TPSA) is 61.8 Å². The molecule has 0 aliphatic carbocycles. The first-order valence-corrected chi connectivity index (χ1v) is 7.63. The minimum absolute atomic E-state index is 0.309. The Bertz CT molecular complexity index is 694. The minimum atomic E-state index is -0.837. The standard InChI is InChI=1S/C18H17ClO5/c1-12(24-16-9-7-15(22-2)8-10-16)18(21)23-11-17(20)13-3-5-14(19)6-4-13/h3-10,12H,11H2,1-2H3. The summed E-state index contributed by atoms with van der Waals surface area (Å²) in [4.78, 5) is 23.9. The maximum absolute atomic E-state index is 11.9. The highest BCUT2D eigenvalue weighted by Crippen LogP contribution is 2.18. The fourth-order valence-electron chi connectivity index (χ4n) is 1.88. The second-order valence-corrected chi connectivity index (χ2v) is 5.41. The zero-order valence-corrected chi connectivity index (χ0v) is 14.1. The van der Waals surface area contributed by atoms with E-state index in [-0.39, 0.29) is 12.4 Å². The molecule has 5 nitrogen and oxygen atoms in total. The molecule has 0 aromatic heterocycles. The van der Waals surface area contributed by atoms with Crippen molar-refractivity contribution in [3.8, 4) is 11.5 Å². The van der Waals surface area contributed by atoms with Crippen LogP contribution in [0.25, 0.3) is 0 Å². The van der Waals surface area contributed by atoms with Crippen LogP contribution >= 0.6 is 11.6 Å². The monoisotopic (exact) mass is 348 g/mol. The largest absolute Gasteiger partial charge is 0.497 e. The normalized spacial score (nSPS) is 11.5. The third kappa shape index (κ3) is 4.99. The van der Waals surface area contributed by atoms with Gasteiger partial charge in [-0.2, -0.15) is 0 Å². The second-order valence-electron chi connectivity index (χ2n) is 4.97. The number of benzene rings is 2. The van der Waals surface area contributed by atoms with Gasteiger partial charge in [0, 0.05) is 10.6 Å². The molecule has 0 saturated carbocycles. The summed E-state index contributed by atoms with van der Waals surface area (Å²) < 4.78 is 15.5. The van der Waals surface area contributed by atoms with Crippen molar-refractivity contribution in [2.45, 2.75) is 13.0 Å². The number of Topliss-reactive ketones (excluding diaryl/α,β-unsaturated/α-hetero) is 1. The maximum Gasteiger partial charge on any atom is 0.347 e. The lowest BCUT2D eigenvalue weighted by molar-refractivity contribution is -0.149. The van der Waals surface area contributed by atoms with Gasteiger partial charge in [-0.15, -0.1) is 0 Å². The second kappa shape index (κ2) is 8.36. The van der Waals surface area contributed by atoms with Gasteiger partial charge in [0.25, 0.3) is 0 Å². The molecule has 0 aliphatic heterocycles. The molecule has 0 spiro atoms. The molecule has 6 heteroatoms. The van der Waals surface area contributed by atoms with Crippen LogP contribution in [0.3, 0.4) is 0 Å². The predicted octanol–water partition coefficient (Wildman–Crippen LogP) is 3.54. The van der Waals surface area contributed by atoms with Crippen LogP contribution in [0.15, 0.2) is 48.5 Å². The van der Waals surface area contributed by atoms with Crippen LogP contribution < -0.4 is 9.47 Å². The SMILES string of the molecule is COc1ccc(OC(C)C(=O)OCC(=O)c2ccc(Cl)cc2)cc1. The van der Waals surface area contributed by atoms with E-state index in [1.807, 2.05) is 0 Å².